The number of alkyl halides is 3. The Morgan fingerprint density at radius 2 is 1.89 bits per heavy atom. The molecule has 3 N–H and O–H groups in total. The van der Waals surface area contributed by atoms with Crippen molar-refractivity contribution in [2.24, 2.45) is 11.7 Å². The molecular weight excluding hydrogens is 346 g/mol. The summed E-state index contributed by atoms with van der Waals surface area (Å²) < 4.78 is 38.3. The first-order valence-corrected chi connectivity index (χ1v) is 6.40. The van der Waals surface area contributed by atoms with E-state index in [1.807, 2.05) is 0 Å². The quantitative estimate of drug-likeness (QED) is 0.864. The molecule has 0 radical (unpaired) electrons. The Morgan fingerprint density at radius 1 is 1.32 bits per heavy atom. The molecule has 0 spiro atoms. The summed E-state index contributed by atoms with van der Waals surface area (Å²) in [5, 5.41) is 9.90. The molecular formula is C12H14BrClF3NO. The van der Waals surface area contributed by atoms with Gasteiger partial charge >= 0.3 is 6.18 Å². The average molecular weight is 361 g/mol. The van der Waals surface area contributed by atoms with Gasteiger partial charge in [0, 0.05) is 4.47 Å². The van der Waals surface area contributed by atoms with Crippen LogP contribution < -0.4 is 5.73 Å². The normalized spacial score (nSPS) is 18.6. The van der Waals surface area contributed by atoms with Gasteiger partial charge in [-0.15, -0.1) is 12.4 Å². The van der Waals surface area contributed by atoms with Gasteiger partial charge in [0.05, 0.1) is 17.7 Å². The van der Waals surface area contributed by atoms with Crippen LogP contribution in [0.3, 0.4) is 0 Å². The van der Waals surface area contributed by atoms with Crippen molar-refractivity contribution in [2.45, 2.75) is 31.2 Å². The summed E-state index contributed by atoms with van der Waals surface area (Å²) in [7, 11) is 0. The lowest BCUT2D eigenvalue weighted by molar-refractivity contribution is -0.137. The Labute approximate surface area is 123 Å². The van der Waals surface area contributed by atoms with Gasteiger partial charge in [-0.05, 0) is 42.5 Å². The SMILES string of the molecule is Cl.N[C@@H](c1cc(C(F)(F)F)ccc1Br)[C@H](O)C1CC1. The lowest BCUT2D eigenvalue weighted by Gasteiger charge is -2.21. The van der Waals surface area contributed by atoms with E-state index >= 15 is 0 Å². The molecule has 2 nitrogen and oxygen atoms in total. The van der Waals surface area contributed by atoms with Crippen molar-refractivity contribution >= 4 is 28.3 Å². The van der Waals surface area contributed by atoms with Gasteiger partial charge in [0.25, 0.3) is 0 Å². The largest absolute Gasteiger partial charge is 0.416 e. The second kappa shape index (κ2) is 5.99. The van der Waals surface area contributed by atoms with Crippen LogP contribution in [0.25, 0.3) is 0 Å². The number of nitrogens with two attached hydrogens (primary N) is 1. The average Bonchev–Trinajstić information content (AvgIpc) is 3.10. The van der Waals surface area contributed by atoms with E-state index in [0.29, 0.717) is 10.0 Å². The summed E-state index contributed by atoms with van der Waals surface area (Å²) in [6.07, 6.45) is -3.43. The number of benzene rings is 1. The second-order valence-electron chi connectivity index (χ2n) is 4.59. The Morgan fingerprint density at radius 3 is 2.37 bits per heavy atom. The third-order valence-corrected chi connectivity index (χ3v) is 3.88. The van der Waals surface area contributed by atoms with E-state index in [-0.39, 0.29) is 18.3 Å². The molecule has 0 bridgehead atoms. The van der Waals surface area contributed by atoms with E-state index in [2.05, 4.69) is 15.9 Å². The predicted molar refractivity (Wildman–Crippen MR) is 72.1 cm³/mol. The van der Waals surface area contributed by atoms with Crippen molar-refractivity contribution in [1.29, 1.82) is 0 Å². The fourth-order valence-corrected chi connectivity index (χ4v) is 2.40. The number of aliphatic hydroxyl groups excluding tert-OH is 1. The Balaban J connectivity index is 0.00000180. The van der Waals surface area contributed by atoms with Crippen molar-refractivity contribution in [3.8, 4) is 0 Å². The lowest BCUT2D eigenvalue weighted by Crippen LogP contribution is -2.28. The van der Waals surface area contributed by atoms with E-state index in [9.17, 15) is 18.3 Å². The molecule has 1 aliphatic rings. The molecule has 0 saturated heterocycles. The molecule has 0 amide bonds. The zero-order valence-corrected chi connectivity index (χ0v) is 12.2. The van der Waals surface area contributed by atoms with E-state index in [1.54, 1.807) is 0 Å². The molecule has 1 aromatic carbocycles. The first-order valence-electron chi connectivity index (χ1n) is 5.61. The van der Waals surface area contributed by atoms with Crippen LogP contribution in [0, 0.1) is 5.92 Å². The summed E-state index contributed by atoms with van der Waals surface area (Å²) in [6.45, 7) is 0. The topological polar surface area (TPSA) is 46.2 Å². The fourth-order valence-electron chi connectivity index (χ4n) is 1.89. The summed E-state index contributed by atoms with van der Waals surface area (Å²) in [4.78, 5) is 0. The van der Waals surface area contributed by atoms with E-state index in [4.69, 9.17) is 5.73 Å². The highest BCUT2D eigenvalue weighted by Gasteiger charge is 2.36. The minimum Gasteiger partial charge on any atom is -0.391 e. The van der Waals surface area contributed by atoms with Crippen molar-refractivity contribution in [3.05, 3.63) is 33.8 Å². The highest BCUT2D eigenvalue weighted by molar-refractivity contribution is 9.10. The molecule has 1 aliphatic carbocycles. The molecule has 1 fully saturated rings. The summed E-state index contributed by atoms with van der Waals surface area (Å²) in [6, 6.07) is 2.51. The molecule has 19 heavy (non-hydrogen) atoms. The highest BCUT2D eigenvalue weighted by atomic mass is 79.9. The van der Waals surface area contributed by atoms with Crippen molar-refractivity contribution in [1.82, 2.24) is 0 Å². The summed E-state index contributed by atoms with van der Waals surface area (Å²) >= 11 is 3.18. The van der Waals surface area contributed by atoms with Gasteiger partial charge in [0.15, 0.2) is 0 Å². The zero-order chi connectivity index (χ0) is 13.5. The molecule has 0 aromatic heterocycles. The molecule has 7 heteroatoms. The van der Waals surface area contributed by atoms with E-state index in [1.165, 1.54) is 6.07 Å². The number of halogens is 5. The van der Waals surface area contributed by atoms with E-state index < -0.39 is 23.9 Å². The highest BCUT2D eigenvalue weighted by Crippen LogP contribution is 2.40. The van der Waals surface area contributed by atoms with Gasteiger partial charge in [-0.25, -0.2) is 0 Å². The van der Waals surface area contributed by atoms with Gasteiger partial charge in [-0.2, -0.15) is 13.2 Å². The number of aliphatic hydroxyl groups is 1. The minimum absolute atomic E-state index is 0. The van der Waals surface area contributed by atoms with Crippen molar-refractivity contribution in [2.75, 3.05) is 0 Å². The molecule has 0 aliphatic heterocycles. The van der Waals surface area contributed by atoms with Gasteiger partial charge in [0.1, 0.15) is 0 Å². The predicted octanol–water partition coefficient (Wildman–Crippen LogP) is 3.66. The van der Waals surface area contributed by atoms with Gasteiger partial charge in [0.2, 0.25) is 0 Å². The Bertz CT molecular complexity index is 451. The molecule has 108 valence electrons. The van der Waals surface area contributed by atoms with Crippen LogP contribution in [0.5, 0.6) is 0 Å². The van der Waals surface area contributed by atoms with Crippen LogP contribution in [0.4, 0.5) is 13.2 Å². The Kier molecular flexibility index (Phi) is 5.28. The van der Waals surface area contributed by atoms with Crippen LogP contribution in [0.1, 0.15) is 30.0 Å². The summed E-state index contributed by atoms with van der Waals surface area (Å²) in [5.41, 5.74) is 5.39. The Hall–Kier alpha value is -0.300. The molecule has 2 rings (SSSR count). The standard InChI is InChI=1S/C12H13BrF3NO.ClH/c13-9-4-3-7(12(14,15)16)5-8(9)10(17)11(18)6-1-2-6;/h3-6,10-11,18H,1-2,17H2;1H/t10-,11+;/m0./s1. The third kappa shape index (κ3) is 3.84. The van der Waals surface area contributed by atoms with Crippen LogP contribution in [0.15, 0.2) is 22.7 Å². The first-order chi connectivity index (χ1) is 8.30. The number of hydrogen-bond acceptors (Lipinski definition) is 2. The van der Waals surface area contributed by atoms with Crippen LogP contribution in [0.2, 0.25) is 0 Å². The van der Waals surface area contributed by atoms with Crippen molar-refractivity contribution in [3.63, 3.8) is 0 Å². The maximum absolute atomic E-state index is 12.6. The zero-order valence-electron chi connectivity index (χ0n) is 9.82. The molecule has 2 atom stereocenters. The number of hydrogen-bond donors (Lipinski definition) is 2. The third-order valence-electron chi connectivity index (χ3n) is 3.16. The van der Waals surface area contributed by atoms with Crippen molar-refractivity contribution < 1.29 is 18.3 Å². The van der Waals surface area contributed by atoms with Gasteiger partial charge < -0.3 is 10.8 Å². The second-order valence-corrected chi connectivity index (χ2v) is 5.44. The first kappa shape index (κ1) is 16.8. The smallest absolute Gasteiger partial charge is 0.391 e. The number of rotatable bonds is 3. The molecule has 1 aromatic rings. The van der Waals surface area contributed by atoms with Gasteiger partial charge in [-0.1, -0.05) is 15.9 Å². The molecule has 1 saturated carbocycles. The molecule has 0 heterocycles. The fraction of sp³-hybridized carbons (Fsp3) is 0.500. The van der Waals surface area contributed by atoms with Gasteiger partial charge in [-0.3, -0.25) is 0 Å². The lowest BCUT2D eigenvalue weighted by atomic mass is 9.97. The minimum atomic E-state index is -4.40. The van der Waals surface area contributed by atoms with E-state index in [0.717, 1.165) is 25.0 Å². The van der Waals surface area contributed by atoms with Crippen LogP contribution in [-0.2, 0) is 6.18 Å². The monoisotopic (exact) mass is 359 g/mol. The van der Waals surface area contributed by atoms with Crippen LogP contribution >= 0.6 is 28.3 Å². The summed E-state index contributed by atoms with van der Waals surface area (Å²) in [5.74, 6) is 0.112. The van der Waals surface area contributed by atoms with Crippen LogP contribution in [-0.4, -0.2) is 11.2 Å². The molecule has 0 unspecified atom stereocenters. The maximum Gasteiger partial charge on any atom is 0.416 e. The maximum atomic E-state index is 12.6.